The van der Waals surface area contributed by atoms with E-state index in [1.807, 2.05) is 14.1 Å². The lowest BCUT2D eigenvalue weighted by Crippen LogP contribution is -2.26. The summed E-state index contributed by atoms with van der Waals surface area (Å²) in [7, 11) is 3.69. The summed E-state index contributed by atoms with van der Waals surface area (Å²) in [6, 6.07) is 0.323. The van der Waals surface area contributed by atoms with E-state index < -0.39 is 0 Å². The van der Waals surface area contributed by atoms with Crippen molar-refractivity contribution in [3.63, 3.8) is 0 Å². The number of ether oxygens (including phenoxy) is 1. The quantitative estimate of drug-likeness (QED) is 0.785. The first-order chi connectivity index (χ1) is 7.15. The van der Waals surface area contributed by atoms with E-state index in [-0.39, 0.29) is 11.4 Å². The molecule has 1 fully saturated rings. The molecule has 0 amide bonds. The number of nitrogens with zero attached hydrogens (tertiary/aromatic N) is 4. The molecule has 0 unspecified atom stereocenters. The number of hydrogen-bond donors (Lipinski definition) is 0. The largest absolute Gasteiger partial charge is 0.460 e. The Hall–Kier alpha value is -1.10. The predicted molar refractivity (Wildman–Crippen MR) is 57.4 cm³/mol. The second-order valence-corrected chi connectivity index (χ2v) is 4.09. The molecule has 0 aliphatic heterocycles. The van der Waals surface area contributed by atoms with E-state index in [9.17, 15) is 0 Å². The molecule has 0 atom stereocenters. The topological polar surface area (TPSA) is 51.1 Å². The molecule has 2 rings (SSSR count). The van der Waals surface area contributed by atoms with Crippen molar-refractivity contribution in [3.8, 4) is 6.01 Å². The third-order valence-electron chi connectivity index (χ3n) is 2.30. The van der Waals surface area contributed by atoms with Crippen molar-refractivity contribution >= 4 is 17.5 Å². The maximum Gasteiger partial charge on any atom is 0.322 e. The molecule has 15 heavy (non-hydrogen) atoms. The molecule has 1 aromatic heterocycles. The normalized spacial score (nSPS) is 15.9. The highest BCUT2D eigenvalue weighted by molar-refractivity contribution is 6.28. The molecule has 1 heterocycles. The minimum Gasteiger partial charge on any atom is -0.460 e. The molecule has 1 aliphatic carbocycles. The summed E-state index contributed by atoms with van der Waals surface area (Å²) < 4.78 is 5.55. The molecule has 0 saturated heterocycles. The number of rotatable bonds is 3. The van der Waals surface area contributed by atoms with Crippen molar-refractivity contribution in [2.24, 2.45) is 0 Å². The Morgan fingerprint density at radius 3 is 2.53 bits per heavy atom. The second-order valence-electron chi connectivity index (χ2n) is 3.75. The van der Waals surface area contributed by atoms with Crippen LogP contribution < -0.4 is 9.64 Å². The molecule has 1 aliphatic rings. The molecule has 5 nitrogen and oxygen atoms in total. The van der Waals surface area contributed by atoms with Gasteiger partial charge < -0.3 is 9.64 Å². The van der Waals surface area contributed by atoms with Gasteiger partial charge in [-0.15, -0.1) is 0 Å². The van der Waals surface area contributed by atoms with E-state index in [1.165, 1.54) is 6.42 Å². The van der Waals surface area contributed by atoms with Crippen molar-refractivity contribution in [2.75, 3.05) is 19.0 Å². The van der Waals surface area contributed by atoms with Gasteiger partial charge in [-0.1, -0.05) is 0 Å². The Labute approximate surface area is 93.5 Å². The van der Waals surface area contributed by atoms with Crippen LogP contribution in [0.15, 0.2) is 0 Å². The van der Waals surface area contributed by atoms with Gasteiger partial charge in [-0.3, -0.25) is 0 Å². The molecular formula is C9H13ClN4O. The molecule has 0 spiro atoms. The average molecular weight is 229 g/mol. The Morgan fingerprint density at radius 1 is 1.27 bits per heavy atom. The predicted octanol–water partition coefficient (Wildman–Crippen LogP) is 1.52. The summed E-state index contributed by atoms with van der Waals surface area (Å²) >= 11 is 5.77. The van der Waals surface area contributed by atoms with Crippen LogP contribution in [0.25, 0.3) is 0 Å². The standard InChI is InChI=1S/C9H13ClN4O/c1-14(2)8-11-7(10)12-9(13-8)15-6-4-3-5-6/h6H,3-5H2,1-2H3. The highest BCUT2D eigenvalue weighted by Gasteiger charge is 2.21. The van der Waals surface area contributed by atoms with Gasteiger partial charge in [0.2, 0.25) is 11.2 Å². The third kappa shape index (κ3) is 2.47. The van der Waals surface area contributed by atoms with E-state index in [2.05, 4.69) is 15.0 Å². The van der Waals surface area contributed by atoms with Crippen molar-refractivity contribution in [1.29, 1.82) is 0 Å². The number of anilines is 1. The number of halogens is 1. The molecule has 82 valence electrons. The first-order valence-electron chi connectivity index (χ1n) is 4.90. The van der Waals surface area contributed by atoms with Gasteiger partial charge in [0.1, 0.15) is 6.10 Å². The smallest absolute Gasteiger partial charge is 0.322 e. The molecule has 0 aromatic carbocycles. The lowest BCUT2D eigenvalue weighted by Gasteiger charge is -2.25. The average Bonchev–Trinajstić information content (AvgIpc) is 2.10. The van der Waals surface area contributed by atoms with E-state index >= 15 is 0 Å². The minimum absolute atomic E-state index is 0.169. The highest BCUT2D eigenvalue weighted by Crippen LogP contribution is 2.24. The monoisotopic (exact) mass is 228 g/mol. The van der Waals surface area contributed by atoms with E-state index in [0.717, 1.165) is 12.8 Å². The number of aromatic nitrogens is 3. The van der Waals surface area contributed by atoms with Gasteiger partial charge >= 0.3 is 6.01 Å². The molecule has 6 heteroatoms. The SMILES string of the molecule is CN(C)c1nc(Cl)nc(OC2CCC2)n1. The van der Waals surface area contributed by atoms with Gasteiger partial charge in [-0.25, -0.2) is 0 Å². The van der Waals surface area contributed by atoms with Crippen LogP contribution in [0.2, 0.25) is 5.28 Å². The molecule has 0 bridgehead atoms. The third-order valence-corrected chi connectivity index (χ3v) is 2.47. The summed E-state index contributed by atoms with van der Waals surface area (Å²) in [6.07, 6.45) is 3.60. The molecule has 0 radical (unpaired) electrons. The maximum atomic E-state index is 5.77. The fourth-order valence-electron chi connectivity index (χ4n) is 1.21. The van der Waals surface area contributed by atoms with Crippen LogP contribution >= 0.6 is 11.6 Å². The Morgan fingerprint density at radius 2 is 2.00 bits per heavy atom. The van der Waals surface area contributed by atoms with Gasteiger partial charge in [0, 0.05) is 14.1 Å². The van der Waals surface area contributed by atoms with Gasteiger partial charge in [-0.05, 0) is 30.9 Å². The summed E-state index contributed by atoms with van der Waals surface area (Å²) in [5, 5.41) is 0.169. The van der Waals surface area contributed by atoms with Crippen molar-refractivity contribution in [1.82, 2.24) is 15.0 Å². The van der Waals surface area contributed by atoms with Gasteiger partial charge in [0.25, 0.3) is 0 Å². The zero-order valence-corrected chi connectivity index (χ0v) is 9.53. The Kier molecular flexibility index (Phi) is 2.90. The summed E-state index contributed by atoms with van der Waals surface area (Å²) in [4.78, 5) is 13.8. The fraction of sp³-hybridized carbons (Fsp3) is 0.667. The van der Waals surface area contributed by atoms with Crippen molar-refractivity contribution in [2.45, 2.75) is 25.4 Å². The van der Waals surface area contributed by atoms with Gasteiger partial charge in [0.15, 0.2) is 0 Å². The number of hydrogen-bond acceptors (Lipinski definition) is 5. The molecule has 1 aromatic rings. The van der Waals surface area contributed by atoms with Crippen molar-refractivity contribution in [3.05, 3.63) is 5.28 Å². The van der Waals surface area contributed by atoms with Crippen LogP contribution in [0.3, 0.4) is 0 Å². The highest BCUT2D eigenvalue weighted by atomic mass is 35.5. The summed E-state index contributed by atoms with van der Waals surface area (Å²) in [5.41, 5.74) is 0. The molecular weight excluding hydrogens is 216 g/mol. The summed E-state index contributed by atoms with van der Waals surface area (Å²) in [6.45, 7) is 0. The van der Waals surface area contributed by atoms with Crippen LogP contribution in [0.1, 0.15) is 19.3 Å². The Bertz CT molecular complexity index is 354. The van der Waals surface area contributed by atoms with E-state index in [1.54, 1.807) is 4.90 Å². The van der Waals surface area contributed by atoms with E-state index in [0.29, 0.717) is 12.0 Å². The Balaban J connectivity index is 2.15. The van der Waals surface area contributed by atoms with Gasteiger partial charge in [0.05, 0.1) is 0 Å². The van der Waals surface area contributed by atoms with Crippen LogP contribution in [-0.2, 0) is 0 Å². The lowest BCUT2D eigenvalue weighted by atomic mass is 9.96. The second kappa shape index (κ2) is 4.18. The first kappa shape index (κ1) is 10.4. The van der Waals surface area contributed by atoms with E-state index in [4.69, 9.17) is 16.3 Å². The first-order valence-corrected chi connectivity index (χ1v) is 5.28. The lowest BCUT2D eigenvalue weighted by molar-refractivity contribution is 0.108. The van der Waals surface area contributed by atoms with Crippen molar-refractivity contribution < 1.29 is 4.74 Å². The van der Waals surface area contributed by atoms with Crippen LogP contribution in [0.5, 0.6) is 6.01 Å². The zero-order chi connectivity index (χ0) is 10.8. The fourth-order valence-corrected chi connectivity index (χ4v) is 1.36. The van der Waals surface area contributed by atoms with Crippen LogP contribution in [0.4, 0.5) is 5.95 Å². The zero-order valence-electron chi connectivity index (χ0n) is 8.77. The molecule has 1 saturated carbocycles. The van der Waals surface area contributed by atoms with Crippen LogP contribution in [-0.4, -0.2) is 35.2 Å². The van der Waals surface area contributed by atoms with Crippen LogP contribution in [0, 0.1) is 0 Å². The molecule has 0 N–H and O–H groups in total. The van der Waals surface area contributed by atoms with Gasteiger partial charge in [-0.2, -0.15) is 15.0 Å². The summed E-state index contributed by atoms with van der Waals surface area (Å²) in [5.74, 6) is 0.518. The maximum absolute atomic E-state index is 5.77. The minimum atomic E-state index is 0.169.